The number of nitrogens with two attached hydrogens (primary N) is 1. The summed E-state index contributed by atoms with van der Waals surface area (Å²) in [6.45, 7) is 1.69. The minimum Gasteiger partial charge on any atom is -0.497 e. The molecule has 0 amide bonds. The molecule has 0 fully saturated rings. The Balaban J connectivity index is 2.89. The van der Waals surface area contributed by atoms with E-state index in [0.29, 0.717) is 11.5 Å². The molecule has 1 aromatic rings. The summed E-state index contributed by atoms with van der Waals surface area (Å²) in [5.41, 5.74) is 6.62. The van der Waals surface area contributed by atoms with E-state index < -0.39 is 5.97 Å². The molecule has 5 nitrogen and oxygen atoms in total. The van der Waals surface area contributed by atoms with Crippen molar-refractivity contribution in [3.05, 3.63) is 23.8 Å². The summed E-state index contributed by atoms with van der Waals surface area (Å²) >= 11 is 0. The second kappa shape index (κ2) is 6.10. The van der Waals surface area contributed by atoms with Gasteiger partial charge in [0.05, 0.1) is 14.2 Å². The molecule has 0 aliphatic rings. The fourth-order valence-corrected chi connectivity index (χ4v) is 1.34. The van der Waals surface area contributed by atoms with E-state index in [1.54, 1.807) is 19.2 Å². The predicted octanol–water partition coefficient (Wildman–Crippen LogP) is 1.27. The van der Waals surface area contributed by atoms with Crippen LogP contribution in [0.25, 0.3) is 0 Å². The van der Waals surface area contributed by atoms with Crippen molar-refractivity contribution in [2.24, 2.45) is 5.73 Å². The van der Waals surface area contributed by atoms with Gasteiger partial charge in [-0.25, -0.2) is 4.79 Å². The highest BCUT2D eigenvalue weighted by atomic mass is 16.6. The molecule has 0 heterocycles. The largest absolute Gasteiger partial charge is 0.497 e. The first-order chi connectivity index (χ1) is 8.08. The lowest BCUT2D eigenvalue weighted by Gasteiger charge is -2.14. The van der Waals surface area contributed by atoms with Crippen molar-refractivity contribution in [3.8, 4) is 11.5 Å². The summed E-state index contributed by atoms with van der Waals surface area (Å²) in [5, 5.41) is 0. The Labute approximate surface area is 100 Å². The monoisotopic (exact) mass is 239 g/mol. The second-order valence-electron chi connectivity index (χ2n) is 3.56. The number of methoxy groups -OCH3 is 2. The number of esters is 1. The van der Waals surface area contributed by atoms with Crippen molar-refractivity contribution in [3.63, 3.8) is 0 Å². The maximum atomic E-state index is 11.0. The Morgan fingerprint density at radius 2 is 2.12 bits per heavy atom. The zero-order valence-electron chi connectivity index (χ0n) is 10.2. The summed E-state index contributed by atoms with van der Waals surface area (Å²) in [6, 6.07) is 5.12. The topological polar surface area (TPSA) is 70.8 Å². The number of hydrogen-bond acceptors (Lipinski definition) is 5. The van der Waals surface area contributed by atoms with Crippen molar-refractivity contribution in [2.75, 3.05) is 20.8 Å². The number of carbonyl (C=O) groups is 1. The Hall–Kier alpha value is -1.75. The van der Waals surface area contributed by atoms with Crippen LogP contribution in [0, 0.1) is 0 Å². The van der Waals surface area contributed by atoms with E-state index in [1.807, 2.05) is 13.0 Å². The zero-order chi connectivity index (χ0) is 12.8. The minimum absolute atomic E-state index is 0.149. The van der Waals surface area contributed by atoms with Gasteiger partial charge in [-0.05, 0) is 13.0 Å². The van der Waals surface area contributed by atoms with Crippen LogP contribution in [-0.4, -0.2) is 26.8 Å². The zero-order valence-corrected chi connectivity index (χ0v) is 10.2. The van der Waals surface area contributed by atoms with Crippen LogP contribution >= 0.6 is 0 Å². The molecule has 0 aliphatic heterocycles. The molecular formula is C12H17NO4. The van der Waals surface area contributed by atoms with Crippen molar-refractivity contribution in [2.45, 2.75) is 13.0 Å². The van der Waals surface area contributed by atoms with Crippen LogP contribution in [0.1, 0.15) is 18.5 Å². The van der Waals surface area contributed by atoms with Crippen LogP contribution < -0.4 is 15.2 Å². The third kappa shape index (κ3) is 3.64. The van der Waals surface area contributed by atoms with E-state index in [2.05, 4.69) is 4.74 Å². The van der Waals surface area contributed by atoms with Crippen LogP contribution in [-0.2, 0) is 9.53 Å². The SMILES string of the molecule is COC(=O)COc1cc(OC)ccc1[C@@H](C)N. The maximum Gasteiger partial charge on any atom is 0.343 e. The highest BCUT2D eigenvalue weighted by Gasteiger charge is 2.11. The number of rotatable bonds is 5. The second-order valence-corrected chi connectivity index (χ2v) is 3.56. The van der Waals surface area contributed by atoms with Crippen molar-refractivity contribution >= 4 is 5.97 Å². The first kappa shape index (κ1) is 13.3. The number of carbonyl (C=O) groups excluding carboxylic acids is 1. The Morgan fingerprint density at radius 1 is 1.41 bits per heavy atom. The van der Waals surface area contributed by atoms with Gasteiger partial charge in [-0.15, -0.1) is 0 Å². The van der Waals surface area contributed by atoms with Gasteiger partial charge in [-0.2, -0.15) is 0 Å². The van der Waals surface area contributed by atoms with Crippen molar-refractivity contribution in [1.29, 1.82) is 0 Å². The third-order valence-corrected chi connectivity index (χ3v) is 2.28. The molecule has 0 spiro atoms. The molecular weight excluding hydrogens is 222 g/mol. The van der Waals surface area contributed by atoms with Gasteiger partial charge in [-0.3, -0.25) is 0 Å². The standard InChI is InChI=1S/C12H17NO4/c1-8(13)10-5-4-9(15-2)6-11(10)17-7-12(14)16-3/h4-6,8H,7,13H2,1-3H3/t8-/m1/s1. The molecule has 0 aromatic heterocycles. The minimum atomic E-state index is -0.441. The highest BCUT2D eigenvalue weighted by Crippen LogP contribution is 2.28. The third-order valence-electron chi connectivity index (χ3n) is 2.28. The van der Waals surface area contributed by atoms with Gasteiger partial charge in [-0.1, -0.05) is 6.07 Å². The lowest BCUT2D eigenvalue weighted by atomic mass is 10.1. The van der Waals surface area contributed by atoms with Crippen molar-refractivity contribution < 1.29 is 19.0 Å². The molecule has 0 bridgehead atoms. The molecule has 0 unspecified atom stereocenters. The molecule has 1 rings (SSSR count). The Kier molecular flexibility index (Phi) is 4.78. The van der Waals surface area contributed by atoms with Crippen LogP contribution in [0.2, 0.25) is 0 Å². The molecule has 5 heteroatoms. The summed E-state index contributed by atoms with van der Waals surface area (Å²) in [6.07, 6.45) is 0. The molecule has 0 saturated heterocycles. The fraction of sp³-hybridized carbons (Fsp3) is 0.417. The molecule has 94 valence electrons. The summed E-state index contributed by atoms with van der Waals surface area (Å²) in [7, 11) is 2.87. The van der Waals surface area contributed by atoms with E-state index in [0.717, 1.165) is 5.56 Å². The van der Waals surface area contributed by atoms with Crippen LogP contribution in [0.5, 0.6) is 11.5 Å². The van der Waals surface area contributed by atoms with E-state index in [9.17, 15) is 4.79 Å². The summed E-state index contributed by atoms with van der Waals surface area (Å²) in [5.74, 6) is 0.738. The molecule has 1 aromatic carbocycles. The van der Waals surface area contributed by atoms with E-state index in [1.165, 1.54) is 7.11 Å². The number of ether oxygens (including phenoxy) is 3. The van der Waals surface area contributed by atoms with Crippen LogP contribution in [0.4, 0.5) is 0 Å². The average Bonchev–Trinajstić information content (AvgIpc) is 2.35. The van der Waals surface area contributed by atoms with Gasteiger partial charge in [0.15, 0.2) is 6.61 Å². The van der Waals surface area contributed by atoms with Crippen LogP contribution in [0.15, 0.2) is 18.2 Å². The highest BCUT2D eigenvalue weighted by molar-refractivity contribution is 5.71. The molecule has 2 N–H and O–H groups in total. The summed E-state index contributed by atoms with van der Waals surface area (Å²) < 4.78 is 14.9. The smallest absolute Gasteiger partial charge is 0.343 e. The van der Waals surface area contributed by atoms with Gasteiger partial charge < -0.3 is 19.9 Å². The van der Waals surface area contributed by atoms with Gasteiger partial charge in [0, 0.05) is 17.7 Å². The quantitative estimate of drug-likeness (QED) is 0.783. The van der Waals surface area contributed by atoms with Gasteiger partial charge >= 0.3 is 5.97 Å². The van der Waals surface area contributed by atoms with E-state index in [4.69, 9.17) is 15.2 Å². The maximum absolute atomic E-state index is 11.0. The predicted molar refractivity (Wildman–Crippen MR) is 63.1 cm³/mol. The molecule has 17 heavy (non-hydrogen) atoms. The van der Waals surface area contributed by atoms with E-state index in [-0.39, 0.29) is 12.6 Å². The molecule has 0 aliphatic carbocycles. The van der Waals surface area contributed by atoms with Crippen molar-refractivity contribution in [1.82, 2.24) is 0 Å². The summed E-state index contributed by atoms with van der Waals surface area (Å²) in [4.78, 5) is 11.0. The van der Waals surface area contributed by atoms with E-state index >= 15 is 0 Å². The first-order valence-corrected chi connectivity index (χ1v) is 5.21. The lowest BCUT2D eigenvalue weighted by molar-refractivity contribution is -0.142. The average molecular weight is 239 g/mol. The van der Waals surface area contributed by atoms with Gasteiger partial charge in [0.2, 0.25) is 0 Å². The Bertz CT molecular complexity index is 390. The molecule has 0 saturated carbocycles. The van der Waals surface area contributed by atoms with Crippen LogP contribution in [0.3, 0.4) is 0 Å². The van der Waals surface area contributed by atoms with Gasteiger partial charge in [0.1, 0.15) is 11.5 Å². The van der Waals surface area contributed by atoms with Gasteiger partial charge in [0.25, 0.3) is 0 Å². The molecule has 1 atom stereocenters. The normalized spacial score (nSPS) is 11.8. The fourth-order valence-electron chi connectivity index (χ4n) is 1.34. The number of hydrogen-bond donors (Lipinski definition) is 1. The molecule has 0 radical (unpaired) electrons. The lowest BCUT2D eigenvalue weighted by Crippen LogP contribution is -2.15. The first-order valence-electron chi connectivity index (χ1n) is 5.21. The Morgan fingerprint density at radius 3 is 2.65 bits per heavy atom. The number of benzene rings is 1.